The van der Waals surface area contributed by atoms with Crippen molar-refractivity contribution in [2.24, 2.45) is 11.8 Å². The fourth-order valence-corrected chi connectivity index (χ4v) is 3.96. The Hall–Kier alpha value is -2.14. The minimum Gasteiger partial charge on any atom is -0.481 e. The van der Waals surface area contributed by atoms with E-state index in [1.807, 2.05) is 36.4 Å². The predicted octanol–water partition coefficient (Wildman–Crippen LogP) is 1.10. The molecule has 5 heteroatoms. The molecule has 0 aromatic heterocycles. The standard InChI is InChI=1S/C17H17NO4/c19-15-14-13(16(20)21)12-6-8-17(14,22-12)10-18(15)9-7-11-4-2-1-3-5-11/h1-6,8,12-14H,7,9-10H2,(H,20,21)/t12-,13?,14-,17?/m1/s1. The number of ether oxygens (including phenoxy) is 1. The molecule has 22 heavy (non-hydrogen) atoms. The molecule has 3 aliphatic heterocycles. The molecule has 0 aliphatic carbocycles. The first kappa shape index (κ1) is 13.5. The van der Waals surface area contributed by atoms with E-state index in [1.165, 1.54) is 5.56 Å². The van der Waals surface area contributed by atoms with Crippen LogP contribution in [0.25, 0.3) is 0 Å². The minimum absolute atomic E-state index is 0.0878. The van der Waals surface area contributed by atoms with Crippen LogP contribution >= 0.6 is 0 Å². The van der Waals surface area contributed by atoms with E-state index in [-0.39, 0.29) is 5.91 Å². The zero-order valence-corrected chi connectivity index (χ0v) is 12.0. The Morgan fingerprint density at radius 2 is 2.14 bits per heavy atom. The number of carboxylic acid groups (broad SMARTS) is 1. The quantitative estimate of drug-likeness (QED) is 0.845. The van der Waals surface area contributed by atoms with E-state index in [9.17, 15) is 14.7 Å². The van der Waals surface area contributed by atoms with E-state index in [0.717, 1.165) is 6.42 Å². The van der Waals surface area contributed by atoms with Crippen molar-refractivity contribution >= 4 is 11.9 Å². The summed E-state index contributed by atoms with van der Waals surface area (Å²) < 4.78 is 5.86. The molecular formula is C17H17NO4. The van der Waals surface area contributed by atoms with Crippen molar-refractivity contribution in [3.05, 3.63) is 48.0 Å². The normalized spacial score (nSPS) is 35.2. The Balaban J connectivity index is 1.53. The SMILES string of the molecule is O=C(O)C1[C@H]2C=CC3(CN(CCc4ccccc4)C(=O)[C@@H]13)O2. The lowest BCUT2D eigenvalue weighted by Gasteiger charge is -2.21. The molecule has 1 amide bonds. The lowest BCUT2D eigenvalue weighted by atomic mass is 9.77. The lowest BCUT2D eigenvalue weighted by molar-refractivity contribution is -0.148. The molecule has 2 unspecified atom stereocenters. The molecule has 5 nitrogen and oxygen atoms in total. The molecule has 114 valence electrons. The Bertz CT molecular complexity index is 656. The number of aliphatic carboxylic acids is 1. The molecule has 2 bridgehead atoms. The Kier molecular flexibility index (Phi) is 2.87. The molecule has 1 spiro atoms. The molecule has 3 heterocycles. The fourth-order valence-electron chi connectivity index (χ4n) is 3.96. The van der Waals surface area contributed by atoms with Crippen molar-refractivity contribution in [2.45, 2.75) is 18.1 Å². The van der Waals surface area contributed by atoms with Crippen LogP contribution in [0.2, 0.25) is 0 Å². The highest BCUT2D eigenvalue weighted by Crippen LogP contribution is 2.51. The smallest absolute Gasteiger partial charge is 0.310 e. The van der Waals surface area contributed by atoms with Crippen LogP contribution in [0.15, 0.2) is 42.5 Å². The highest BCUT2D eigenvalue weighted by molar-refractivity contribution is 5.90. The van der Waals surface area contributed by atoms with Gasteiger partial charge in [0.05, 0.1) is 18.6 Å². The summed E-state index contributed by atoms with van der Waals surface area (Å²) in [5.41, 5.74) is 0.446. The van der Waals surface area contributed by atoms with Gasteiger partial charge in [0.15, 0.2) is 0 Å². The number of rotatable bonds is 4. The van der Waals surface area contributed by atoms with Gasteiger partial charge in [-0.3, -0.25) is 9.59 Å². The zero-order valence-electron chi connectivity index (χ0n) is 12.0. The second kappa shape index (κ2) is 4.68. The number of benzene rings is 1. The van der Waals surface area contributed by atoms with Gasteiger partial charge in [-0.2, -0.15) is 0 Å². The zero-order chi connectivity index (χ0) is 15.3. The van der Waals surface area contributed by atoms with Crippen LogP contribution in [0.3, 0.4) is 0 Å². The Labute approximate surface area is 128 Å². The van der Waals surface area contributed by atoms with Crippen molar-refractivity contribution in [2.75, 3.05) is 13.1 Å². The average Bonchev–Trinajstić information content (AvgIpc) is 3.14. The average molecular weight is 299 g/mol. The summed E-state index contributed by atoms with van der Waals surface area (Å²) in [6, 6.07) is 9.97. The number of likely N-dealkylation sites (tertiary alicyclic amines) is 1. The maximum atomic E-state index is 12.7. The van der Waals surface area contributed by atoms with Gasteiger partial charge < -0.3 is 14.7 Å². The van der Waals surface area contributed by atoms with Gasteiger partial charge in [-0.25, -0.2) is 0 Å². The highest BCUT2D eigenvalue weighted by Gasteiger charge is 2.66. The van der Waals surface area contributed by atoms with Crippen molar-refractivity contribution in [1.29, 1.82) is 0 Å². The highest BCUT2D eigenvalue weighted by atomic mass is 16.5. The number of carboxylic acids is 1. The van der Waals surface area contributed by atoms with Gasteiger partial charge in [0.1, 0.15) is 11.5 Å². The van der Waals surface area contributed by atoms with Gasteiger partial charge >= 0.3 is 5.97 Å². The van der Waals surface area contributed by atoms with E-state index in [4.69, 9.17) is 4.74 Å². The summed E-state index contributed by atoms with van der Waals surface area (Å²) in [7, 11) is 0. The second-order valence-electron chi connectivity index (χ2n) is 6.23. The first-order valence-corrected chi connectivity index (χ1v) is 7.53. The minimum atomic E-state index is -0.945. The maximum absolute atomic E-state index is 12.7. The van der Waals surface area contributed by atoms with E-state index < -0.39 is 29.5 Å². The van der Waals surface area contributed by atoms with Gasteiger partial charge in [0.2, 0.25) is 5.91 Å². The van der Waals surface area contributed by atoms with Gasteiger partial charge in [0.25, 0.3) is 0 Å². The Morgan fingerprint density at radius 1 is 1.36 bits per heavy atom. The number of hydrogen-bond donors (Lipinski definition) is 1. The molecule has 2 saturated heterocycles. The number of amides is 1. The third-order valence-electron chi connectivity index (χ3n) is 4.98. The molecule has 0 saturated carbocycles. The van der Waals surface area contributed by atoms with E-state index >= 15 is 0 Å². The lowest BCUT2D eigenvalue weighted by Crippen LogP contribution is -2.39. The largest absolute Gasteiger partial charge is 0.481 e. The molecule has 1 aromatic rings. The summed E-state index contributed by atoms with van der Waals surface area (Å²) in [5.74, 6) is -2.36. The summed E-state index contributed by atoms with van der Waals surface area (Å²) in [5, 5.41) is 9.41. The molecular weight excluding hydrogens is 282 g/mol. The summed E-state index contributed by atoms with van der Waals surface area (Å²) >= 11 is 0. The van der Waals surface area contributed by atoms with Crippen LogP contribution in [0.4, 0.5) is 0 Å². The van der Waals surface area contributed by atoms with Crippen LogP contribution in [0.5, 0.6) is 0 Å². The van der Waals surface area contributed by atoms with Crippen LogP contribution in [-0.4, -0.2) is 46.7 Å². The first-order valence-electron chi connectivity index (χ1n) is 7.53. The number of fused-ring (bicyclic) bond motifs is 1. The Morgan fingerprint density at radius 3 is 2.86 bits per heavy atom. The van der Waals surface area contributed by atoms with Crippen molar-refractivity contribution in [3.8, 4) is 0 Å². The molecule has 0 radical (unpaired) electrons. The van der Waals surface area contributed by atoms with Gasteiger partial charge in [0, 0.05) is 6.54 Å². The molecule has 2 fully saturated rings. The molecule has 1 N–H and O–H groups in total. The van der Waals surface area contributed by atoms with Gasteiger partial charge in [-0.1, -0.05) is 42.5 Å². The van der Waals surface area contributed by atoms with E-state index in [1.54, 1.807) is 11.0 Å². The van der Waals surface area contributed by atoms with E-state index in [0.29, 0.717) is 13.1 Å². The van der Waals surface area contributed by atoms with Gasteiger partial charge in [-0.15, -0.1) is 0 Å². The van der Waals surface area contributed by atoms with Crippen LogP contribution in [0, 0.1) is 11.8 Å². The number of carbonyl (C=O) groups is 2. The topological polar surface area (TPSA) is 66.8 Å². The first-order chi connectivity index (χ1) is 10.6. The summed E-state index contributed by atoms with van der Waals surface area (Å²) in [6.45, 7) is 1.05. The molecule has 3 aliphatic rings. The number of nitrogens with zero attached hydrogens (tertiary/aromatic N) is 1. The summed E-state index contributed by atoms with van der Waals surface area (Å²) in [6.07, 6.45) is 3.99. The number of carbonyl (C=O) groups excluding carboxylic acids is 1. The molecule has 4 rings (SSSR count). The van der Waals surface area contributed by atoms with Crippen LogP contribution < -0.4 is 0 Å². The number of hydrogen-bond acceptors (Lipinski definition) is 3. The molecule has 4 atom stereocenters. The van der Waals surface area contributed by atoms with Crippen LogP contribution in [0.1, 0.15) is 5.56 Å². The monoisotopic (exact) mass is 299 g/mol. The second-order valence-corrected chi connectivity index (χ2v) is 6.23. The molecule has 1 aromatic carbocycles. The summed E-state index contributed by atoms with van der Waals surface area (Å²) in [4.78, 5) is 25.9. The maximum Gasteiger partial charge on any atom is 0.310 e. The van der Waals surface area contributed by atoms with Crippen molar-refractivity contribution < 1.29 is 19.4 Å². The third kappa shape index (κ3) is 1.82. The van der Waals surface area contributed by atoms with Crippen molar-refractivity contribution in [1.82, 2.24) is 4.90 Å². The van der Waals surface area contributed by atoms with Crippen molar-refractivity contribution in [3.63, 3.8) is 0 Å². The van der Waals surface area contributed by atoms with Crippen LogP contribution in [-0.2, 0) is 20.7 Å². The fraction of sp³-hybridized carbons (Fsp3) is 0.412. The van der Waals surface area contributed by atoms with Gasteiger partial charge in [-0.05, 0) is 12.0 Å². The predicted molar refractivity (Wildman–Crippen MR) is 78.1 cm³/mol. The van der Waals surface area contributed by atoms with E-state index in [2.05, 4.69) is 0 Å². The third-order valence-corrected chi connectivity index (χ3v) is 4.98.